The first-order chi connectivity index (χ1) is 11.6. The Hall–Kier alpha value is -1.72. The molecule has 1 N–H and O–H groups in total. The number of carbonyl (C=O) groups is 1. The third kappa shape index (κ3) is 4.65. The second-order valence-electron chi connectivity index (χ2n) is 5.73. The van der Waals surface area contributed by atoms with Gasteiger partial charge < -0.3 is 19.7 Å². The summed E-state index contributed by atoms with van der Waals surface area (Å²) in [4.78, 5) is 14.2. The minimum absolute atomic E-state index is 0.00845. The predicted molar refractivity (Wildman–Crippen MR) is 96.9 cm³/mol. The minimum atomic E-state index is -0.00845. The van der Waals surface area contributed by atoms with Gasteiger partial charge in [-0.1, -0.05) is 11.6 Å². The molecule has 24 heavy (non-hydrogen) atoms. The highest BCUT2D eigenvalue weighted by molar-refractivity contribution is 6.32. The molecule has 0 aromatic heterocycles. The second kappa shape index (κ2) is 8.94. The number of benzene rings is 1. The zero-order chi connectivity index (χ0) is 17.5. The van der Waals surface area contributed by atoms with Gasteiger partial charge in [0.1, 0.15) is 0 Å². The largest absolute Gasteiger partial charge is 0.493 e. The predicted octanol–water partition coefficient (Wildman–Crippen LogP) is 2.97. The van der Waals surface area contributed by atoms with Crippen molar-refractivity contribution in [1.82, 2.24) is 10.2 Å². The van der Waals surface area contributed by atoms with Crippen LogP contribution >= 0.6 is 11.6 Å². The molecule has 6 heteroatoms. The molecule has 5 nitrogen and oxygen atoms in total. The molecule has 0 spiro atoms. The van der Waals surface area contributed by atoms with E-state index in [1.807, 2.05) is 24.9 Å². The number of piperidine rings is 1. The van der Waals surface area contributed by atoms with Crippen LogP contribution in [0.3, 0.4) is 0 Å². The number of ether oxygens (including phenoxy) is 2. The zero-order valence-corrected chi connectivity index (χ0v) is 15.2. The van der Waals surface area contributed by atoms with Gasteiger partial charge in [-0.2, -0.15) is 0 Å². The SMILES string of the molecule is CCOc1c(Cl)cc(C=CC(=O)N(C)C2CCNCC2)cc1OC. The normalized spacial score (nSPS) is 15.5. The summed E-state index contributed by atoms with van der Waals surface area (Å²) in [6.45, 7) is 4.30. The van der Waals surface area contributed by atoms with E-state index in [0.29, 0.717) is 29.2 Å². The number of nitrogens with one attached hydrogen (secondary N) is 1. The Morgan fingerprint density at radius 2 is 2.12 bits per heavy atom. The number of amides is 1. The number of methoxy groups -OCH3 is 1. The zero-order valence-electron chi connectivity index (χ0n) is 14.5. The number of nitrogens with zero attached hydrogens (tertiary/aromatic N) is 1. The van der Waals surface area contributed by atoms with Crippen molar-refractivity contribution in [3.05, 3.63) is 28.8 Å². The van der Waals surface area contributed by atoms with Crippen LogP contribution < -0.4 is 14.8 Å². The lowest BCUT2D eigenvalue weighted by Gasteiger charge is -2.30. The van der Waals surface area contributed by atoms with Gasteiger partial charge in [0.15, 0.2) is 11.5 Å². The Kier molecular flexibility index (Phi) is 6.94. The Labute approximate surface area is 148 Å². The van der Waals surface area contributed by atoms with Gasteiger partial charge in [0, 0.05) is 19.2 Å². The highest BCUT2D eigenvalue weighted by Gasteiger charge is 2.20. The first-order valence-corrected chi connectivity index (χ1v) is 8.60. The molecule has 2 rings (SSSR count). The fourth-order valence-electron chi connectivity index (χ4n) is 2.78. The molecule has 0 aliphatic carbocycles. The molecule has 1 fully saturated rings. The molecular weight excluding hydrogens is 328 g/mol. The van der Waals surface area contributed by atoms with E-state index in [4.69, 9.17) is 21.1 Å². The first kappa shape index (κ1) is 18.6. The summed E-state index contributed by atoms with van der Waals surface area (Å²) in [6, 6.07) is 3.87. The lowest BCUT2D eigenvalue weighted by Crippen LogP contribution is -2.43. The molecular formula is C18H25ClN2O3. The van der Waals surface area contributed by atoms with Crippen molar-refractivity contribution < 1.29 is 14.3 Å². The standard InChI is InChI=1S/C18H25ClN2O3/c1-4-24-18-15(19)11-13(12-16(18)23-3)5-6-17(22)21(2)14-7-9-20-10-8-14/h5-6,11-12,14,20H,4,7-10H2,1-3H3. The van der Waals surface area contributed by atoms with Crippen LogP contribution in [0, 0.1) is 0 Å². The summed E-state index contributed by atoms with van der Waals surface area (Å²) in [7, 11) is 3.42. The van der Waals surface area contributed by atoms with Crippen molar-refractivity contribution in [3.63, 3.8) is 0 Å². The molecule has 1 aromatic rings. The van der Waals surface area contributed by atoms with Crippen molar-refractivity contribution in [2.24, 2.45) is 0 Å². The van der Waals surface area contributed by atoms with Crippen molar-refractivity contribution in [2.45, 2.75) is 25.8 Å². The molecule has 0 saturated carbocycles. The Balaban J connectivity index is 2.10. The summed E-state index contributed by atoms with van der Waals surface area (Å²) < 4.78 is 10.8. The van der Waals surface area contributed by atoms with Gasteiger partial charge in [0.05, 0.1) is 18.7 Å². The summed E-state index contributed by atoms with van der Waals surface area (Å²) in [5.41, 5.74) is 0.798. The molecule has 1 amide bonds. The smallest absolute Gasteiger partial charge is 0.246 e. The first-order valence-electron chi connectivity index (χ1n) is 8.22. The molecule has 0 bridgehead atoms. The topological polar surface area (TPSA) is 50.8 Å². The maximum atomic E-state index is 12.4. The van der Waals surface area contributed by atoms with Gasteiger partial charge in [-0.05, 0) is 56.6 Å². The van der Waals surface area contributed by atoms with Crippen LogP contribution in [0.4, 0.5) is 0 Å². The van der Waals surface area contributed by atoms with Gasteiger partial charge >= 0.3 is 0 Å². The molecule has 0 atom stereocenters. The summed E-state index contributed by atoms with van der Waals surface area (Å²) in [5, 5.41) is 3.77. The molecule has 1 heterocycles. The van der Waals surface area contributed by atoms with E-state index in [9.17, 15) is 4.79 Å². The van der Waals surface area contributed by atoms with E-state index in [1.165, 1.54) is 0 Å². The van der Waals surface area contributed by atoms with Crippen molar-refractivity contribution >= 4 is 23.6 Å². The molecule has 132 valence electrons. The van der Waals surface area contributed by atoms with Crippen LogP contribution in [-0.2, 0) is 4.79 Å². The molecule has 1 aliphatic heterocycles. The lowest BCUT2D eigenvalue weighted by atomic mass is 10.1. The highest BCUT2D eigenvalue weighted by atomic mass is 35.5. The average molecular weight is 353 g/mol. The number of carbonyl (C=O) groups excluding carboxylic acids is 1. The van der Waals surface area contributed by atoms with E-state index in [-0.39, 0.29) is 5.91 Å². The highest BCUT2D eigenvalue weighted by Crippen LogP contribution is 2.36. The van der Waals surface area contributed by atoms with Crippen LogP contribution in [-0.4, -0.2) is 50.7 Å². The van der Waals surface area contributed by atoms with Crippen LogP contribution in [0.5, 0.6) is 11.5 Å². The fraction of sp³-hybridized carbons (Fsp3) is 0.500. The van der Waals surface area contributed by atoms with Gasteiger partial charge in [-0.3, -0.25) is 4.79 Å². The van der Waals surface area contributed by atoms with Gasteiger partial charge in [0.2, 0.25) is 5.91 Å². The number of rotatable bonds is 6. The van der Waals surface area contributed by atoms with E-state index in [1.54, 1.807) is 25.3 Å². The Morgan fingerprint density at radius 3 is 2.75 bits per heavy atom. The van der Waals surface area contributed by atoms with E-state index in [2.05, 4.69) is 5.32 Å². The molecule has 1 aliphatic rings. The van der Waals surface area contributed by atoms with Gasteiger partial charge in [0.25, 0.3) is 0 Å². The number of likely N-dealkylation sites (N-methyl/N-ethyl adjacent to an activating group) is 1. The summed E-state index contributed by atoms with van der Waals surface area (Å²) >= 11 is 6.25. The monoisotopic (exact) mass is 352 g/mol. The Morgan fingerprint density at radius 1 is 1.42 bits per heavy atom. The quantitative estimate of drug-likeness (QED) is 0.800. The number of hydrogen-bond donors (Lipinski definition) is 1. The lowest BCUT2D eigenvalue weighted by molar-refractivity contribution is -0.127. The third-order valence-electron chi connectivity index (χ3n) is 4.16. The van der Waals surface area contributed by atoms with Gasteiger partial charge in [-0.15, -0.1) is 0 Å². The van der Waals surface area contributed by atoms with E-state index in [0.717, 1.165) is 31.5 Å². The van der Waals surface area contributed by atoms with Crippen molar-refractivity contribution in [3.8, 4) is 11.5 Å². The summed E-state index contributed by atoms with van der Waals surface area (Å²) in [6.07, 6.45) is 5.30. The van der Waals surface area contributed by atoms with Gasteiger partial charge in [-0.25, -0.2) is 0 Å². The maximum absolute atomic E-state index is 12.4. The Bertz CT molecular complexity index is 598. The van der Waals surface area contributed by atoms with Crippen LogP contribution in [0.15, 0.2) is 18.2 Å². The fourth-order valence-corrected chi connectivity index (χ4v) is 3.05. The van der Waals surface area contributed by atoms with E-state index >= 15 is 0 Å². The minimum Gasteiger partial charge on any atom is -0.493 e. The van der Waals surface area contributed by atoms with Crippen LogP contribution in [0.1, 0.15) is 25.3 Å². The number of hydrogen-bond acceptors (Lipinski definition) is 4. The van der Waals surface area contributed by atoms with Crippen molar-refractivity contribution in [2.75, 3.05) is 33.9 Å². The van der Waals surface area contributed by atoms with Crippen LogP contribution in [0.2, 0.25) is 5.02 Å². The maximum Gasteiger partial charge on any atom is 0.246 e. The second-order valence-corrected chi connectivity index (χ2v) is 6.14. The van der Waals surface area contributed by atoms with E-state index < -0.39 is 0 Å². The average Bonchev–Trinajstić information content (AvgIpc) is 2.61. The molecule has 1 aromatic carbocycles. The molecule has 1 saturated heterocycles. The molecule has 0 unspecified atom stereocenters. The van der Waals surface area contributed by atoms with Crippen LogP contribution in [0.25, 0.3) is 6.08 Å². The summed E-state index contributed by atoms with van der Waals surface area (Å²) in [5.74, 6) is 1.07. The molecule has 0 radical (unpaired) electrons. The third-order valence-corrected chi connectivity index (χ3v) is 4.44. The number of halogens is 1. The van der Waals surface area contributed by atoms with Crippen molar-refractivity contribution in [1.29, 1.82) is 0 Å².